The van der Waals surface area contributed by atoms with Crippen LogP contribution >= 0.6 is 23.4 Å². The monoisotopic (exact) mass is 244 g/mol. The Labute approximate surface area is 98.0 Å². The fourth-order valence-corrected chi connectivity index (χ4v) is 2.76. The largest absolute Gasteiger partial charge is 0.393 e. The molecule has 15 heavy (non-hydrogen) atoms. The average molecular weight is 245 g/mol. The van der Waals surface area contributed by atoms with Gasteiger partial charge in [-0.25, -0.2) is 9.97 Å². The third-order valence-corrected chi connectivity index (χ3v) is 3.75. The van der Waals surface area contributed by atoms with Crippen LogP contribution < -0.4 is 11.1 Å². The van der Waals surface area contributed by atoms with Crippen molar-refractivity contribution in [2.24, 2.45) is 0 Å². The van der Waals surface area contributed by atoms with Gasteiger partial charge in [-0.2, -0.15) is 11.8 Å². The van der Waals surface area contributed by atoms with E-state index in [1.807, 2.05) is 11.8 Å². The number of hydrogen-bond donors (Lipinski definition) is 2. The third kappa shape index (κ3) is 2.66. The van der Waals surface area contributed by atoms with Crippen molar-refractivity contribution in [2.45, 2.75) is 18.9 Å². The molecule has 1 saturated heterocycles. The summed E-state index contributed by atoms with van der Waals surface area (Å²) in [6.07, 6.45) is 3.72. The van der Waals surface area contributed by atoms with Gasteiger partial charge in [-0.1, -0.05) is 11.6 Å². The van der Waals surface area contributed by atoms with E-state index in [0.717, 1.165) is 12.8 Å². The number of rotatable bonds is 2. The molecule has 2 rings (SSSR count). The molecule has 3 N–H and O–H groups in total. The van der Waals surface area contributed by atoms with E-state index in [-0.39, 0.29) is 0 Å². The van der Waals surface area contributed by atoms with Crippen LogP contribution in [-0.2, 0) is 0 Å². The van der Waals surface area contributed by atoms with E-state index < -0.39 is 0 Å². The number of aromatic nitrogens is 2. The molecular formula is C9H13ClN4S. The van der Waals surface area contributed by atoms with E-state index in [2.05, 4.69) is 15.3 Å². The molecule has 1 aromatic rings. The molecule has 0 atom stereocenters. The predicted molar refractivity (Wildman–Crippen MR) is 65.4 cm³/mol. The highest BCUT2D eigenvalue weighted by atomic mass is 35.5. The number of hydrogen-bond acceptors (Lipinski definition) is 5. The minimum Gasteiger partial charge on any atom is -0.393 e. The van der Waals surface area contributed by atoms with Gasteiger partial charge in [-0.15, -0.1) is 0 Å². The minimum absolute atomic E-state index is 0.317. The fraction of sp³-hybridized carbons (Fsp3) is 0.556. The molecule has 1 aliphatic heterocycles. The Morgan fingerprint density at radius 2 is 2.13 bits per heavy atom. The van der Waals surface area contributed by atoms with Crippen LogP contribution in [0.5, 0.6) is 0 Å². The lowest BCUT2D eigenvalue weighted by Gasteiger charge is -2.23. The first-order chi connectivity index (χ1) is 7.27. The number of nitrogen functional groups attached to an aromatic ring is 1. The van der Waals surface area contributed by atoms with Crippen LogP contribution in [0.25, 0.3) is 0 Å². The van der Waals surface area contributed by atoms with Gasteiger partial charge in [0.15, 0.2) is 11.0 Å². The first kappa shape index (κ1) is 10.8. The van der Waals surface area contributed by atoms with Gasteiger partial charge in [0.05, 0.1) is 0 Å². The maximum atomic E-state index is 5.81. The zero-order valence-corrected chi connectivity index (χ0v) is 9.81. The summed E-state index contributed by atoms with van der Waals surface area (Å²) in [5.41, 5.74) is 6.22. The normalized spacial score (nSPS) is 17.7. The highest BCUT2D eigenvalue weighted by Gasteiger charge is 2.15. The molecular weight excluding hydrogens is 232 g/mol. The Hall–Kier alpha value is -0.680. The van der Waals surface area contributed by atoms with E-state index in [4.69, 9.17) is 17.3 Å². The van der Waals surface area contributed by atoms with Crippen molar-refractivity contribution in [3.63, 3.8) is 0 Å². The van der Waals surface area contributed by atoms with Gasteiger partial charge in [0.25, 0.3) is 0 Å². The van der Waals surface area contributed by atoms with Gasteiger partial charge in [0.1, 0.15) is 12.0 Å². The van der Waals surface area contributed by atoms with Gasteiger partial charge < -0.3 is 11.1 Å². The van der Waals surface area contributed by atoms with Gasteiger partial charge in [0.2, 0.25) is 0 Å². The van der Waals surface area contributed by atoms with Gasteiger partial charge in [0, 0.05) is 6.04 Å². The summed E-state index contributed by atoms with van der Waals surface area (Å²) in [5, 5.41) is 3.63. The molecule has 0 amide bonds. The van der Waals surface area contributed by atoms with Crippen LogP contribution in [0.1, 0.15) is 12.8 Å². The molecule has 0 aliphatic carbocycles. The minimum atomic E-state index is 0.317. The molecule has 1 aromatic heterocycles. The van der Waals surface area contributed by atoms with Crippen LogP contribution in [0.15, 0.2) is 6.33 Å². The molecule has 0 spiro atoms. The quantitative estimate of drug-likeness (QED) is 0.780. The third-order valence-electron chi connectivity index (χ3n) is 2.40. The standard InChI is InChI=1S/C9H13ClN4S/c10-8-7(11)9(13-5-12-8)14-6-1-3-15-4-2-6/h5-6H,1-4,11H2,(H,12,13,14). The van der Waals surface area contributed by atoms with Crippen molar-refractivity contribution in [2.75, 3.05) is 22.6 Å². The first-order valence-corrected chi connectivity index (χ1v) is 6.41. The Kier molecular flexibility index (Phi) is 3.53. The number of halogens is 1. The van der Waals surface area contributed by atoms with Crippen LogP contribution in [0.3, 0.4) is 0 Å². The Morgan fingerprint density at radius 1 is 1.40 bits per heavy atom. The predicted octanol–water partition coefficient (Wildman–Crippen LogP) is 2.02. The highest BCUT2D eigenvalue weighted by Crippen LogP contribution is 2.25. The SMILES string of the molecule is Nc1c(Cl)ncnc1NC1CCSCC1. The lowest BCUT2D eigenvalue weighted by Crippen LogP contribution is -2.25. The number of nitrogens with zero attached hydrogens (tertiary/aromatic N) is 2. The second-order valence-electron chi connectivity index (χ2n) is 3.46. The fourth-order valence-electron chi connectivity index (χ4n) is 1.52. The molecule has 4 nitrogen and oxygen atoms in total. The molecule has 6 heteroatoms. The molecule has 1 fully saturated rings. The lowest BCUT2D eigenvalue weighted by molar-refractivity contribution is 0.664. The maximum Gasteiger partial charge on any atom is 0.157 e. The van der Waals surface area contributed by atoms with Gasteiger partial charge in [-0.3, -0.25) is 0 Å². The molecule has 0 bridgehead atoms. The number of anilines is 2. The van der Waals surface area contributed by atoms with Crippen LogP contribution in [0.2, 0.25) is 5.15 Å². The molecule has 0 saturated carbocycles. The van der Waals surface area contributed by atoms with Crippen molar-refractivity contribution < 1.29 is 0 Å². The summed E-state index contributed by atoms with van der Waals surface area (Å²) >= 11 is 7.80. The second-order valence-corrected chi connectivity index (χ2v) is 5.04. The van der Waals surface area contributed by atoms with Crippen LogP contribution in [0.4, 0.5) is 11.5 Å². The molecule has 0 radical (unpaired) electrons. The first-order valence-electron chi connectivity index (χ1n) is 4.87. The van der Waals surface area contributed by atoms with E-state index in [1.54, 1.807) is 0 Å². The summed E-state index contributed by atoms with van der Waals surface area (Å²) < 4.78 is 0. The Bertz CT molecular complexity index is 341. The van der Waals surface area contributed by atoms with Gasteiger partial charge in [-0.05, 0) is 24.3 Å². The zero-order chi connectivity index (χ0) is 10.7. The van der Waals surface area contributed by atoms with E-state index in [0.29, 0.717) is 22.7 Å². The Morgan fingerprint density at radius 3 is 2.87 bits per heavy atom. The highest BCUT2D eigenvalue weighted by molar-refractivity contribution is 7.99. The smallest absolute Gasteiger partial charge is 0.157 e. The number of nitrogens with one attached hydrogen (secondary N) is 1. The summed E-state index contributed by atoms with van der Waals surface area (Å²) in [5.74, 6) is 3.04. The molecule has 2 heterocycles. The van der Waals surface area contributed by atoms with E-state index in [1.165, 1.54) is 17.8 Å². The van der Waals surface area contributed by atoms with E-state index in [9.17, 15) is 0 Å². The van der Waals surface area contributed by atoms with Crippen molar-refractivity contribution in [1.29, 1.82) is 0 Å². The van der Waals surface area contributed by atoms with Crippen LogP contribution in [0, 0.1) is 0 Å². The molecule has 82 valence electrons. The van der Waals surface area contributed by atoms with Crippen molar-refractivity contribution in [3.05, 3.63) is 11.5 Å². The zero-order valence-electron chi connectivity index (χ0n) is 8.24. The topological polar surface area (TPSA) is 63.8 Å². The van der Waals surface area contributed by atoms with E-state index >= 15 is 0 Å². The summed E-state index contributed by atoms with van der Waals surface area (Å²) in [7, 11) is 0. The lowest BCUT2D eigenvalue weighted by atomic mass is 10.1. The summed E-state index contributed by atoms with van der Waals surface area (Å²) in [6.45, 7) is 0. The van der Waals surface area contributed by atoms with Crippen molar-refractivity contribution in [3.8, 4) is 0 Å². The van der Waals surface area contributed by atoms with Crippen LogP contribution in [-0.4, -0.2) is 27.5 Å². The van der Waals surface area contributed by atoms with Crippen molar-refractivity contribution >= 4 is 34.9 Å². The van der Waals surface area contributed by atoms with Crippen molar-refractivity contribution in [1.82, 2.24) is 9.97 Å². The number of thioether (sulfide) groups is 1. The molecule has 0 aromatic carbocycles. The summed E-state index contributed by atoms with van der Waals surface area (Å²) in [4.78, 5) is 7.91. The Balaban J connectivity index is 2.06. The van der Waals surface area contributed by atoms with Gasteiger partial charge >= 0.3 is 0 Å². The molecule has 0 unspecified atom stereocenters. The maximum absolute atomic E-state index is 5.81. The average Bonchev–Trinajstić information content (AvgIpc) is 2.26. The number of nitrogens with two attached hydrogens (primary N) is 1. The summed E-state index contributed by atoms with van der Waals surface area (Å²) in [6, 6.07) is 0.458. The second kappa shape index (κ2) is 4.90. The molecule has 1 aliphatic rings.